The van der Waals surface area contributed by atoms with E-state index in [1.54, 1.807) is 17.5 Å². The molecule has 0 aliphatic rings. The van der Waals surface area contributed by atoms with Gasteiger partial charge in [-0.1, -0.05) is 30.3 Å². The molecular weight excluding hydrogens is 407 g/mol. The molecule has 0 fully saturated rings. The maximum Gasteiger partial charge on any atom is 0.332 e. The topological polar surface area (TPSA) is 86.0 Å². The van der Waals surface area contributed by atoms with Gasteiger partial charge in [0.1, 0.15) is 12.4 Å². The van der Waals surface area contributed by atoms with Crippen LogP contribution in [0.2, 0.25) is 0 Å². The molecule has 4 aromatic rings. The summed E-state index contributed by atoms with van der Waals surface area (Å²) in [5, 5.41) is 4.36. The molecule has 0 spiro atoms. The maximum atomic E-state index is 13.2. The Hall–Kier alpha value is -3.59. The van der Waals surface area contributed by atoms with Crippen molar-refractivity contribution in [2.45, 2.75) is 20.0 Å². The lowest BCUT2D eigenvalue weighted by Crippen LogP contribution is -2.41. The number of hydrogen-bond donors (Lipinski definition) is 1. The van der Waals surface area contributed by atoms with E-state index in [1.807, 2.05) is 19.1 Å². The molecular formula is C21H17FN4O3S. The zero-order valence-corrected chi connectivity index (χ0v) is 16.8. The first-order chi connectivity index (χ1) is 14.4. The number of hydrogen-bond acceptors (Lipinski definition) is 5. The smallest absolute Gasteiger partial charge is 0.324 e. The number of rotatable bonds is 5. The number of aromatic nitrogens is 3. The largest absolute Gasteiger partial charge is 0.332 e. The lowest BCUT2D eigenvalue weighted by molar-refractivity contribution is -0.116. The van der Waals surface area contributed by atoms with Crippen LogP contribution in [0.1, 0.15) is 11.1 Å². The van der Waals surface area contributed by atoms with Crippen molar-refractivity contribution < 1.29 is 9.18 Å². The molecule has 0 aliphatic heterocycles. The van der Waals surface area contributed by atoms with Gasteiger partial charge >= 0.3 is 5.69 Å². The molecule has 1 N–H and O–H groups in total. The third-order valence-corrected chi connectivity index (χ3v) is 5.34. The predicted molar refractivity (Wildman–Crippen MR) is 113 cm³/mol. The fourth-order valence-electron chi connectivity index (χ4n) is 3.15. The Kier molecular flexibility index (Phi) is 5.28. The molecule has 152 valence electrons. The normalized spacial score (nSPS) is 11.0. The van der Waals surface area contributed by atoms with Crippen molar-refractivity contribution >= 4 is 34.2 Å². The van der Waals surface area contributed by atoms with Crippen molar-refractivity contribution in [1.82, 2.24) is 13.5 Å². The Morgan fingerprint density at radius 3 is 2.57 bits per heavy atom. The summed E-state index contributed by atoms with van der Waals surface area (Å²) in [4.78, 5) is 38.5. The van der Waals surface area contributed by atoms with Gasteiger partial charge in [0.25, 0.3) is 5.56 Å². The fraction of sp³-hybridized carbons (Fsp3) is 0.143. The van der Waals surface area contributed by atoms with Gasteiger partial charge in [0.2, 0.25) is 5.91 Å². The van der Waals surface area contributed by atoms with Crippen molar-refractivity contribution in [3.8, 4) is 0 Å². The molecule has 0 aliphatic carbocycles. The van der Waals surface area contributed by atoms with E-state index in [0.717, 1.165) is 21.7 Å². The zero-order chi connectivity index (χ0) is 21.3. The van der Waals surface area contributed by atoms with E-state index in [2.05, 4.69) is 9.69 Å². The van der Waals surface area contributed by atoms with Gasteiger partial charge in [0, 0.05) is 11.1 Å². The van der Waals surface area contributed by atoms with Gasteiger partial charge in [-0.05, 0) is 47.8 Å². The van der Waals surface area contributed by atoms with Crippen LogP contribution in [-0.2, 0) is 17.9 Å². The number of benzene rings is 2. The highest BCUT2D eigenvalue weighted by Gasteiger charge is 2.18. The highest BCUT2D eigenvalue weighted by atomic mass is 32.1. The monoisotopic (exact) mass is 424 g/mol. The Morgan fingerprint density at radius 1 is 1.10 bits per heavy atom. The highest BCUT2D eigenvalue weighted by Crippen LogP contribution is 2.14. The number of anilines is 1. The number of carbonyl (C=O) groups is 1. The standard InChI is InChI=1S/C21H17FN4O3S/c1-13-4-2-3-5-16(13)23-18(27)11-25-17-12-30-24-19(17)20(28)26(21(25)29)10-14-6-8-15(22)9-7-14/h2-9,12H,10-11H2,1H3,(H,23,27). The number of aryl methyl sites for hydroxylation is 1. The van der Waals surface area contributed by atoms with Crippen LogP contribution in [0.25, 0.3) is 11.0 Å². The second-order valence-electron chi connectivity index (χ2n) is 6.80. The number of amides is 1. The molecule has 2 aromatic heterocycles. The summed E-state index contributed by atoms with van der Waals surface area (Å²) in [6.45, 7) is 1.54. The number of nitrogens with one attached hydrogen (secondary N) is 1. The summed E-state index contributed by atoms with van der Waals surface area (Å²) < 4.78 is 19.5. The molecule has 30 heavy (non-hydrogen) atoms. The second kappa shape index (κ2) is 8.03. The van der Waals surface area contributed by atoms with E-state index in [1.165, 1.54) is 28.8 Å². The van der Waals surface area contributed by atoms with E-state index in [0.29, 0.717) is 16.8 Å². The summed E-state index contributed by atoms with van der Waals surface area (Å²) in [6.07, 6.45) is 0. The van der Waals surface area contributed by atoms with Gasteiger partial charge in [-0.25, -0.2) is 9.18 Å². The van der Waals surface area contributed by atoms with Crippen molar-refractivity contribution in [3.05, 3.63) is 91.7 Å². The lowest BCUT2D eigenvalue weighted by Gasteiger charge is -2.13. The minimum absolute atomic E-state index is 0.0508. The van der Waals surface area contributed by atoms with Crippen LogP contribution < -0.4 is 16.6 Å². The van der Waals surface area contributed by atoms with Crippen LogP contribution in [-0.4, -0.2) is 19.4 Å². The van der Waals surface area contributed by atoms with Gasteiger partial charge < -0.3 is 5.32 Å². The number of para-hydroxylation sites is 1. The summed E-state index contributed by atoms with van der Waals surface area (Å²) >= 11 is 1.04. The van der Waals surface area contributed by atoms with Crippen LogP contribution in [0.15, 0.2) is 63.5 Å². The summed E-state index contributed by atoms with van der Waals surface area (Å²) in [5.41, 5.74) is 1.38. The van der Waals surface area contributed by atoms with Crippen LogP contribution in [0.5, 0.6) is 0 Å². The minimum atomic E-state index is -0.628. The quantitative estimate of drug-likeness (QED) is 0.534. The van der Waals surface area contributed by atoms with Crippen LogP contribution in [0.4, 0.5) is 10.1 Å². The Bertz CT molecular complexity index is 1360. The highest BCUT2D eigenvalue weighted by molar-refractivity contribution is 7.04. The van der Waals surface area contributed by atoms with Crippen molar-refractivity contribution in [1.29, 1.82) is 0 Å². The van der Waals surface area contributed by atoms with Crippen molar-refractivity contribution in [2.24, 2.45) is 0 Å². The van der Waals surface area contributed by atoms with Crippen LogP contribution in [0.3, 0.4) is 0 Å². The molecule has 0 saturated carbocycles. The molecule has 0 radical (unpaired) electrons. The SMILES string of the molecule is Cc1ccccc1NC(=O)Cn1c(=O)n(Cc2ccc(F)cc2)c(=O)c2nscc21. The Balaban J connectivity index is 1.72. The van der Waals surface area contributed by atoms with E-state index in [-0.39, 0.29) is 18.6 Å². The third-order valence-electron chi connectivity index (χ3n) is 4.73. The van der Waals surface area contributed by atoms with Gasteiger partial charge in [0.15, 0.2) is 5.52 Å². The number of halogens is 1. The van der Waals surface area contributed by atoms with Crippen molar-refractivity contribution in [3.63, 3.8) is 0 Å². The van der Waals surface area contributed by atoms with Crippen LogP contribution >= 0.6 is 11.5 Å². The molecule has 2 heterocycles. The Labute approximate surface area is 174 Å². The van der Waals surface area contributed by atoms with E-state index < -0.39 is 23.0 Å². The number of fused-ring (bicyclic) bond motifs is 1. The molecule has 0 bridgehead atoms. The molecule has 0 atom stereocenters. The number of nitrogens with zero attached hydrogens (tertiary/aromatic N) is 3. The summed E-state index contributed by atoms with van der Waals surface area (Å²) in [5.74, 6) is -0.808. The van der Waals surface area contributed by atoms with Gasteiger partial charge in [-0.3, -0.25) is 18.7 Å². The lowest BCUT2D eigenvalue weighted by atomic mass is 10.2. The van der Waals surface area contributed by atoms with E-state index in [4.69, 9.17) is 0 Å². The molecule has 0 saturated heterocycles. The zero-order valence-electron chi connectivity index (χ0n) is 16.0. The van der Waals surface area contributed by atoms with Gasteiger partial charge in [0.05, 0.1) is 12.1 Å². The first-order valence-electron chi connectivity index (χ1n) is 9.11. The van der Waals surface area contributed by atoms with E-state index >= 15 is 0 Å². The predicted octanol–water partition coefficient (Wildman–Crippen LogP) is 2.75. The molecule has 2 aromatic carbocycles. The first kappa shape index (κ1) is 19.7. The van der Waals surface area contributed by atoms with Crippen molar-refractivity contribution in [2.75, 3.05) is 5.32 Å². The maximum absolute atomic E-state index is 13.2. The van der Waals surface area contributed by atoms with Crippen LogP contribution in [0, 0.1) is 12.7 Å². The molecule has 9 heteroatoms. The fourth-order valence-corrected chi connectivity index (χ4v) is 3.81. The van der Waals surface area contributed by atoms with E-state index in [9.17, 15) is 18.8 Å². The second-order valence-corrected chi connectivity index (χ2v) is 7.43. The molecule has 7 nitrogen and oxygen atoms in total. The summed E-state index contributed by atoms with van der Waals surface area (Å²) in [6, 6.07) is 12.8. The minimum Gasteiger partial charge on any atom is -0.324 e. The molecule has 0 unspecified atom stereocenters. The molecule has 4 rings (SSSR count). The summed E-state index contributed by atoms with van der Waals surface area (Å²) in [7, 11) is 0. The van der Waals surface area contributed by atoms with Gasteiger partial charge in [-0.15, -0.1) is 0 Å². The third kappa shape index (κ3) is 3.79. The van der Waals surface area contributed by atoms with Gasteiger partial charge in [-0.2, -0.15) is 4.37 Å². The molecule has 1 amide bonds. The number of carbonyl (C=O) groups excluding carboxylic acids is 1. The average Bonchev–Trinajstić information content (AvgIpc) is 3.22. The Morgan fingerprint density at radius 2 is 1.83 bits per heavy atom. The average molecular weight is 424 g/mol. The first-order valence-corrected chi connectivity index (χ1v) is 9.95.